The molecule has 2 rings (SSSR count). The summed E-state index contributed by atoms with van der Waals surface area (Å²) in [6, 6.07) is 5.49. The molecule has 0 saturated carbocycles. The molecule has 0 spiro atoms. The lowest BCUT2D eigenvalue weighted by Gasteiger charge is -2.39. The second kappa shape index (κ2) is 7.95. The van der Waals surface area contributed by atoms with Crippen LogP contribution in [0.2, 0.25) is 5.02 Å². The van der Waals surface area contributed by atoms with Gasteiger partial charge in [0.2, 0.25) is 0 Å². The zero-order chi connectivity index (χ0) is 18.8. The molecule has 1 aromatic rings. The zero-order valence-electron chi connectivity index (χ0n) is 15.9. The van der Waals surface area contributed by atoms with E-state index in [1.165, 1.54) is 0 Å². The first kappa shape index (κ1) is 20.7. The van der Waals surface area contributed by atoms with Gasteiger partial charge in [-0.3, -0.25) is 4.90 Å². The molecular weight excluding hydrogens is 338 g/mol. The van der Waals surface area contributed by atoms with Crippen LogP contribution < -0.4 is 5.46 Å². The van der Waals surface area contributed by atoms with Crippen molar-refractivity contribution in [1.29, 1.82) is 0 Å². The van der Waals surface area contributed by atoms with Crippen LogP contribution in [0.5, 0.6) is 0 Å². The molecule has 0 atom stereocenters. The highest BCUT2D eigenvalue weighted by Crippen LogP contribution is 2.26. The highest BCUT2D eigenvalue weighted by molar-refractivity contribution is 6.61. The summed E-state index contributed by atoms with van der Waals surface area (Å²) in [5, 5.41) is 21.6. The van der Waals surface area contributed by atoms with E-state index in [9.17, 15) is 10.1 Å². The number of benzene rings is 1. The molecule has 1 fully saturated rings. The van der Waals surface area contributed by atoms with Gasteiger partial charge in [0.1, 0.15) is 0 Å². The van der Waals surface area contributed by atoms with Crippen molar-refractivity contribution in [3.8, 4) is 0 Å². The molecule has 0 bridgehead atoms. The molecule has 0 unspecified atom stereocenters. The maximum atomic E-state index is 10.7. The Morgan fingerprint density at radius 1 is 1.16 bits per heavy atom. The molecule has 140 valence electrons. The van der Waals surface area contributed by atoms with E-state index in [4.69, 9.17) is 16.3 Å². The van der Waals surface area contributed by atoms with Gasteiger partial charge in [0, 0.05) is 37.7 Å². The van der Waals surface area contributed by atoms with Gasteiger partial charge >= 0.3 is 7.12 Å². The first-order valence-electron chi connectivity index (χ1n) is 8.78. The molecule has 0 aliphatic carbocycles. The summed E-state index contributed by atoms with van der Waals surface area (Å²) < 4.78 is 5.81. The van der Waals surface area contributed by atoms with E-state index in [0.717, 1.165) is 31.7 Å². The highest BCUT2D eigenvalue weighted by Gasteiger charge is 2.40. The summed E-state index contributed by atoms with van der Waals surface area (Å²) in [7, 11) is 0.969. The molecule has 1 heterocycles. The van der Waals surface area contributed by atoms with Crippen LogP contribution in [0.1, 0.15) is 33.3 Å². The van der Waals surface area contributed by atoms with Crippen LogP contribution in [0.25, 0.3) is 0 Å². The van der Waals surface area contributed by atoms with Crippen molar-refractivity contribution in [2.24, 2.45) is 0 Å². The van der Waals surface area contributed by atoms with Crippen LogP contribution in [0.3, 0.4) is 0 Å². The van der Waals surface area contributed by atoms with Crippen LogP contribution in [-0.2, 0) is 11.2 Å². The van der Waals surface area contributed by atoms with E-state index < -0.39 is 18.3 Å². The second-order valence-electron chi connectivity index (χ2n) is 7.93. The van der Waals surface area contributed by atoms with E-state index in [-0.39, 0.29) is 0 Å². The molecule has 0 amide bonds. The average Bonchev–Trinajstić information content (AvgIpc) is 2.49. The van der Waals surface area contributed by atoms with Crippen molar-refractivity contribution in [1.82, 2.24) is 9.80 Å². The van der Waals surface area contributed by atoms with Gasteiger partial charge in [-0.25, -0.2) is 0 Å². The quantitative estimate of drug-likeness (QED) is 0.742. The Morgan fingerprint density at radius 2 is 1.76 bits per heavy atom. The van der Waals surface area contributed by atoms with Gasteiger partial charge in [-0.1, -0.05) is 23.7 Å². The summed E-state index contributed by atoms with van der Waals surface area (Å²) in [5.74, 6) is 0. The Hall–Kier alpha value is -0.625. The largest absolute Gasteiger partial charge is 0.492 e. The lowest BCUT2D eigenvalue weighted by atomic mass is 9.74. The lowest BCUT2D eigenvalue weighted by molar-refractivity contribution is -0.0982. The number of piperazine rings is 1. The Morgan fingerprint density at radius 3 is 2.32 bits per heavy atom. The van der Waals surface area contributed by atoms with Gasteiger partial charge in [0.25, 0.3) is 0 Å². The highest BCUT2D eigenvalue weighted by atomic mass is 35.5. The maximum absolute atomic E-state index is 10.7. The van der Waals surface area contributed by atoms with E-state index in [1.54, 1.807) is 27.7 Å². The van der Waals surface area contributed by atoms with Crippen LogP contribution in [-0.4, -0.2) is 71.5 Å². The van der Waals surface area contributed by atoms with Crippen LogP contribution >= 0.6 is 11.6 Å². The molecule has 1 aliphatic heterocycles. The molecule has 5 nitrogen and oxygen atoms in total. The van der Waals surface area contributed by atoms with Crippen molar-refractivity contribution < 1.29 is 14.8 Å². The van der Waals surface area contributed by atoms with Crippen LogP contribution in [0.15, 0.2) is 18.2 Å². The number of halogens is 1. The summed E-state index contributed by atoms with van der Waals surface area (Å²) in [4.78, 5) is 4.63. The first-order valence-corrected chi connectivity index (χ1v) is 9.15. The summed E-state index contributed by atoms with van der Waals surface area (Å²) >= 11 is 6.43. The smallest absolute Gasteiger partial charge is 0.423 e. The molecule has 2 N–H and O–H groups in total. The van der Waals surface area contributed by atoms with Crippen molar-refractivity contribution in [2.45, 2.75) is 45.4 Å². The number of aliphatic hydroxyl groups is 1. The van der Waals surface area contributed by atoms with Crippen molar-refractivity contribution in [3.05, 3.63) is 28.8 Å². The molecule has 25 heavy (non-hydrogen) atoms. The van der Waals surface area contributed by atoms with E-state index in [1.807, 2.05) is 18.2 Å². The number of hydrogen-bond donors (Lipinski definition) is 2. The Balaban J connectivity index is 2.19. The van der Waals surface area contributed by atoms with Gasteiger partial charge in [0.05, 0.1) is 11.2 Å². The van der Waals surface area contributed by atoms with Crippen molar-refractivity contribution in [2.75, 3.05) is 33.2 Å². The van der Waals surface area contributed by atoms with Gasteiger partial charge < -0.3 is 19.7 Å². The standard InChI is InChI=1S/C18H30BClN2O3/c1-17(2,23)18(3,4)25-19(24)15-7-6-8-16(20)14(15)13-22-11-9-21(5)10-12-22/h6-8,23-24H,9-13H2,1-5H3. The van der Waals surface area contributed by atoms with E-state index >= 15 is 0 Å². The zero-order valence-corrected chi connectivity index (χ0v) is 16.7. The SMILES string of the molecule is CN1CCN(Cc2c(Cl)cccc2B(O)OC(C)(C)C(C)(C)O)CC1. The summed E-state index contributed by atoms with van der Waals surface area (Å²) in [5.41, 5.74) is -0.471. The fourth-order valence-electron chi connectivity index (χ4n) is 2.69. The molecule has 1 aromatic carbocycles. The minimum Gasteiger partial charge on any atom is -0.423 e. The van der Waals surface area contributed by atoms with Gasteiger partial charge in [-0.2, -0.15) is 0 Å². The molecule has 1 aliphatic rings. The predicted octanol–water partition coefficient (Wildman–Crippen LogP) is 1.34. The Bertz CT molecular complexity index is 584. The molecule has 0 radical (unpaired) electrons. The maximum Gasteiger partial charge on any atom is 0.492 e. The van der Waals surface area contributed by atoms with E-state index in [2.05, 4.69) is 16.8 Å². The van der Waals surface area contributed by atoms with Gasteiger partial charge in [-0.15, -0.1) is 0 Å². The third-order valence-corrected chi connectivity index (χ3v) is 5.63. The Labute approximate surface area is 156 Å². The predicted molar refractivity (Wildman–Crippen MR) is 103 cm³/mol. The van der Waals surface area contributed by atoms with Crippen LogP contribution in [0, 0.1) is 0 Å². The number of hydrogen-bond acceptors (Lipinski definition) is 5. The molecule has 7 heteroatoms. The van der Waals surface area contributed by atoms with Gasteiger partial charge in [0.15, 0.2) is 0 Å². The number of rotatable bonds is 6. The first-order chi connectivity index (χ1) is 11.5. The normalized spacial score (nSPS) is 17.8. The summed E-state index contributed by atoms with van der Waals surface area (Å²) in [6.07, 6.45) is 0. The van der Waals surface area contributed by atoms with Gasteiger partial charge in [-0.05, 0) is 51.8 Å². The second-order valence-corrected chi connectivity index (χ2v) is 8.33. The van der Waals surface area contributed by atoms with E-state index in [0.29, 0.717) is 17.0 Å². The van der Waals surface area contributed by atoms with Crippen molar-refractivity contribution >= 4 is 24.2 Å². The van der Waals surface area contributed by atoms with Crippen LogP contribution in [0.4, 0.5) is 0 Å². The fourth-order valence-corrected chi connectivity index (χ4v) is 2.93. The monoisotopic (exact) mass is 368 g/mol. The third-order valence-electron chi connectivity index (χ3n) is 5.28. The molecule has 1 saturated heterocycles. The minimum atomic E-state index is -1.15. The minimum absolute atomic E-state index is 0.625. The number of likely N-dealkylation sites (N-methyl/N-ethyl adjacent to an activating group) is 1. The third kappa shape index (κ3) is 5.19. The topological polar surface area (TPSA) is 56.2 Å². The van der Waals surface area contributed by atoms with Crippen molar-refractivity contribution in [3.63, 3.8) is 0 Å². The fraction of sp³-hybridized carbons (Fsp3) is 0.667. The average molecular weight is 369 g/mol. The lowest BCUT2D eigenvalue weighted by Crippen LogP contribution is -2.54. The summed E-state index contributed by atoms with van der Waals surface area (Å²) in [6.45, 7) is 11.5. The molecular formula is C18H30BClN2O3. The Kier molecular flexibility index (Phi) is 6.57. The number of nitrogens with zero attached hydrogens (tertiary/aromatic N) is 2. The molecule has 0 aromatic heterocycles.